The molecule has 4 aromatic rings. The van der Waals surface area contributed by atoms with Gasteiger partial charge in [0.05, 0.1) is 10.9 Å². The molecule has 0 aliphatic rings. The van der Waals surface area contributed by atoms with Gasteiger partial charge < -0.3 is 14.4 Å². The van der Waals surface area contributed by atoms with Gasteiger partial charge in [-0.1, -0.05) is 12.1 Å². The number of aromatic hydroxyl groups is 1. The van der Waals surface area contributed by atoms with Crippen LogP contribution in [0.4, 0.5) is 0 Å². The smallest absolute Gasteiger partial charge is 0.199 e. The predicted octanol–water partition coefficient (Wildman–Crippen LogP) is 6.35. The number of carbonyl (C=O) groups is 1. The van der Waals surface area contributed by atoms with Gasteiger partial charge in [-0.2, -0.15) is 0 Å². The lowest BCUT2D eigenvalue weighted by molar-refractivity contribution is 0.104. The fourth-order valence-corrected chi connectivity index (χ4v) is 4.95. The number of phenolic OH excluding ortho intramolecular Hbond substituents is 1. The molecule has 0 aliphatic carbocycles. The summed E-state index contributed by atoms with van der Waals surface area (Å²) in [4.78, 5) is 13.9. The highest BCUT2D eigenvalue weighted by Gasteiger charge is 2.29. The molecule has 30 heavy (non-hydrogen) atoms. The average Bonchev–Trinajstić information content (AvgIpc) is 3.00. The van der Waals surface area contributed by atoms with E-state index in [2.05, 4.69) is 0 Å². The highest BCUT2D eigenvalue weighted by Crippen LogP contribution is 2.46. The van der Waals surface area contributed by atoms with Crippen molar-refractivity contribution in [2.45, 2.75) is 26.4 Å². The van der Waals surface area contributed by atoms with Crippen LogP contribution in [0.2, 0.25) is 0 Å². The first kappa shape index (κ1) is 20.1. The number of ether oxygens (including phenoxy) is 1. The van der Waals surface area contributed by atoms with Crippen molar-refractivity contribution in [1.29, 1.82) is 0 Å². The molecule has 0 radical (unpaired) electrons. The lowest BCUT2D eigenvalue weighted by atomic mass is 9.97. The summed E-state index contributed by atoms with van der Waals surface area (Å²) in [5.41, 5.74) is 1.25. The highest BCUT2D eigenvalue weighted by molar-refractivity contribution is 7.35. The molecule has 5 heteroatoms. The molecule has 0 saturated carbocycles. The number of hydrogen-bond donors (Lipinski definition) is 1. The molecule has 0 spiro atoms. The zero-order chi connectivity index (χ0) is 21.5. The van der Waals surface area contributed by atoms with Gasteiger partial charge in [0.2, 0.25) is 0 Å². The van der Waals surface area contributed by atoms with E-state index in [1.54, 1.807) is 18.2 Å². The molecule has 1 aromatic heterocycles. The number of carbonyl (C=O) groups excluding carboxylic acids is 1. The Morgan fingerprint density at radius 1 is 0.933 bits per heavy atom. The fraction of sp³-hybridized carbons (Fsp3) is 0.160. The second-order valence-electron chi connectivity index (χ2n) is 8.08. The summed E-state index contributed by atoms with van der Waals surface area (Å²) in [6.45, 7) is 5.92. The Kier molecular flexibility index (Phi) is 5.10. The van der Waals surface area contributed by atoms with Crippen LogP contribution < -0.4 is 4.74 Å². The zero-order valence-corrected chi connectivity index (χ0v) is 17.8. The number of rotatable bonds is 4. The van der Waals surface area contributed by atoms with Gasteiger partial charge >= 0.3 is 0 Å². The molecule has 0 amide bonds. The summed E-state index contributed by atoms with van der Waals surface area (Å²) in [6, 6.07) is 20.7. The van der Waals surface area contributed by atoms with Crippen molar-refractivity contribution in [2.24, 2.45) is 0 Å². The second-order valence-corrected chi connectivity index (χ2v) is 9.47. The second kappa shape index (κ2) is 7.59. The average molecular weight is 419 g/mol. The van der Waals surface area contributed by atoms with Crippen LogP contribution in [0, 0.1) is 0 Å². The molecular formula is C25H22O4S. The van der Waals surface area contributed by atoms with Crippen LogP contribution in [-0.4, -0.2) is 21.0 Å². The molecule has 4 rings (SSSR count). The van der Waals surface area contributed by atoms with Gasteiger partial charge in [-0.15, -0.1) is 0 Å². The van der Waals surface area contributed by atoms with Crippen LogP contribution in [0.3, 0.4) is 0 Å². The Bertz CT molecular complexity index is 1210. The first-order chi connectivity index (χ1) is 14.2. The molecule has 0 bridgehead atoms. The third-order valence-corrected chi connectivity index (χ3v) is 6.23. The van der Waals surface area contributed by atoms with Gasteiger partial charge in [-0.25, -0.2) is 0 Å². The minimum absolute atomic E-state index is 0.0885. The lowest BCUT2D eigenvalue weighted by Crippen LogP contribution is -2.22. The molecular weight excluding hydrogens is 396 g/mol. The fourth-order valence-electron chi connectivity index (χ4n) is 3.42. The van der Waals surface area contributed by atoms with E-state index in [1.165, 1.54) is 12.1 Å². The maximum Gasteiger partial charge on any atom is 0.199 e. The Labute approximate surface area is 178 Å². The summed E-state index contributed by atoms with van der Waals surface area (Å²) in [5, 5.41) is 10.2. The van der Waals surface area contributed by atoms with Crippen molar-refractivity contribution in [3.05, 3.63) is 83.9 Å². The standard InChI is InChI=1S/C25H22O4S/c1-25(2,3)29-19-14-10-17(11-15-19)24-22(20-6-4-5-7-21(20)30(24)28)23(27)16-8-12-18(26)13-9-16/h4-15,26H,1-3H3. The molecule has 152 valence electrons. The third kappa shape index (κ3) is 3.82. The van der Waals surface area contributed by atoms with E-state index < -0.39 is 10.8 Å². The summed E-state index contributed by atoms with van der Waals surface area (Å²) in [6.07, 6.45) is 0. The van der Waals surface area contributed by atoms with Gasteiger partial charge in [-0.3, -0.25) is 4.79 Å². The van der Waals surface area contributed by atoms with Crippen molar-refractivity contribution in [3.63, 3.8) is 0 Å². The van der Waals surface area contributed by atoms with Crippen LogP contribution in [0.25, 0.3) is 20.5 Å². The topological polar surface area (TPSA) is 69.6 Å². The van der Waals surface area contributed by atoms with E-state index in [0.717, 1.165) is 0 Å². The first-order valence-electron chi connectivity index (χ1n) is 9.63. The van der Waals surface area contributed by atoms with E-state index in [-0.39, 0.29) is 17.1 Å². The highest BCUT2D eigenvalue weighted by atomic mass is 32.2. The van der Waals surface area contributed by atoms with Crippen molar-refractivity contribution in [1.82, 2.24) is 0 Å². The minimum atomic E-state index is -1.47. The largest absolute Gasteiger partial charge is 0.590 e. The lowest BCUT2D eigenvalue weighted by Gasteiger charge is -2.21. The summed E-state index contributed by atoms with van der Waals surface area (Å²) < 4.78 is 19.9. The maximum atomic E-state index is 13.4. The van der Waals surface area contributed by atoms with Crippen molar-refractivity contribution in [2.75, 3.05) is 0 Å². The molecule has 1 atom stereocenters. The predicted molar refractivity (Wildman–Crippen MR) is 120 cm³/mol. The minimum Gasteiger partial charge on any atom is -0.590 e. The van der Waals surface area contributed by atoms with Crippen LogP contribution in [-0.2, 0) is 0 Å². The Hall–Kier alpha value is -3.15. The van der Waals surface area contributed by atoms with Gasteiger partial charge in [0.1, 0.15) is 17.1 Å². The molecule has 4 nitrogen and oxygen atoms in total. The van der Waals surface area contributed by atoms with Crippen LogP contribution in [0.15, 0.2) is 72.8 Å². The Morgan fingerprint density at radius 2 is 1.57 bits per heavy atom. The molecule has 1 unspecified atom stereocenters. The molecule has 1 N–H and O–H groups in total. The van der Waals surface area contributed by atoms with Gasteiger partial charge in [0, 0.05) is 11.1 Å². The molecule has 0 aliphatic heterocycles. The number of ketones is 1. The third-order valence-electron chi connectivity index (χ3n) is 4.67. The van der Waals surface area contributed by atoms with Gasteiger partial charge in [0.15, 0.2) is 15.4 Å². The summed E-state index contributed by atoms with van der Waals surface area (Å²) in [5.74, 6) is 0.573. The zero-order valence-electron chi connectivity index (χ0n) is 17.0. The number of thiophene rings is 1. The maximum absolute atomic E-state index is 13.4. The molecule has 1 heterocycles. The summed E-state index contributed by atoms with van der Waals surface area (Å²) in [7, 11) is -1.47. The van der Waals surface area contributed by atoms with E-state index in [4.69, 9.17) is 4.74 Å². The number of phenols is 1. The van der Waals surface area contributed by atoms with E-state index in [1.807, 2.05) is 63.2 Å². The molecule has 0 fully saturated rings. The number of benzene rings is 3. The van der Waals surface area contributed by atoms with Crippen LogP contribution in [0.1, 0.15) is 36.7 Å². The molecule has 0 saturated heterocycles. The van der Waals surface area contributed by atoms with Gasteiger partial charge in [0.25, 0.3) is 0 Å². The van der Waals surface area contributed by atoms with Crippen LogP contribution >= 0.6 is 10.8 Å². The first-order valence-corrected chi connectivity index (χ1v) is 10.8. The number of hydrogen-bond acceptors (Lipinski definition) is 4. The van der Waals surface area contributed by atoms with Crippen molar-refractivity contribution in [3.8, 4) is 21.9 Å². The Balaban J connectivity index is 1.87. The van der Waals surface area contributed by atoms with E-state index in [9.17, 15) is 14.5 Å². The molecule has 3 aromatic carbocycles. The van der Waals surface area contributed by atoms with E-state index >= 15 is 0 Å². The SMILES string of the molecule is CC(C)(C)Oc1ccc(-c2c(C(=O)c3ccc(O)cc3)c3ccccc3[s+]2[O-])cc1. The van der Waals surface area contributed by atoms with Gasteiger partial charge in [-0.05, 0) is 92.2 Å². The van der Waals surface area contributed by atoms with Crippen molar-refractivity contribution < 1.29 is 19.2 Å². The monoisotopic (exact) mass is 418 g/mol. The van der Waals surface area contributed by atoms with Crippen LogP contribution in [0.5, 0.6) is 11.5 Å². The quantitative estimate of drug-likeness (QED) is 0.310. The normalized spacial score (nSPS) is 12.2. The summed E-state index contributed by atoms with van der Waals surface area (Å²) >= 11 is 0. The van der Waals surface area contributed by atoms with E-state index in [0.29, 0.717) is 37.4 Å². The Morgan fingerprint density at radius 3 is 2.20 bits per heavy atom. The van der Waals surface area contributed by atoms with Crippen molar-refractivity contribution >= 4 is 26.6 Å². The number of fused-ring (bicyclic) bond motifs is 1.